The van der Waals surface area contributed by atoms with Crippen LogP contribution in [0.5, 0.6) is 0 Å². The van der Waals surface area contributed by atoms with E-state index < -0.39 is 0 Å². The Bertz CT molecular complexity index is 434. The molecule has 3 rings (SSSR count). The fourth-order valence-electron chi connectivity index (χ4n) is 3.99. The van der Waals surface area contributed by atoms with Gasteiger partial charge in [-0.1, -0.05) is 32.6 Å². The first-order valence-electron chi connectivity index (χ1n) is 8.61. The predicted octanol–water partition coefficient (Wildman–Crippen LogP) is 2.04. The van der Waals surface area contributed by atoms with Crippen LogP contribution in [0, 0.1) is 5.41 Å². The lowest BCUT2D eigenvalue weighted by Gasteiger charge is -2.39. The van der Waals surface area contributed by atoms with Gasteiger partial charge in [0, 0.05) is 26.2 Å². The molecule has 0 aromatic carbocycles. The second kappa shape index (κ2) is 6.88. The molecule has 1 aromatic heterocycles. The smallest absolute Gasteiger partial charge is 0.147 e. The SMILES string of the molecule is CCNCC1(CN2CCn3cnnc3C2)CCCCCC1. The zero-order chi connectivity index (χ0) is 14.5. The van der Waals surface area contributed by atoms with Gasteiger partial charge in [-0.05, 0) is 24.8 Å². The van der Waals surface area contributed by atoms with Crippen LogP contribution in [-0.4, -0.2) is 45.8 Å². The van der Waals surface area contributed by atoms with Crippen molar-refractivity contribution >= 4 is 0 Å². The number of hydrogen-bond acceptors (Lipinski definition) is 4. The Hall–Kier alpha value is -0.940. The van der Waals surface area contributed by atoms with Gasteiger partial charge in [-0.25, -0.2) is 0 Å². The highest BCUT2D eigenvalue weighted by Gasteiger charge is 2.33. The summed E-state index contributed by atoms with van der Waals surface area (Å²) in [5.74, 6) is 1.13. The lowest BCUT2D eigenvalue weighted by molar-refractivity contribution is 0.104. The van der Waals surface area contributed by atoms with Crippen LogP contribution < -0.4 is 5.32 Å². The number of rotatable bonds is 5. The van der Waals surface area contributed by atoms with Crippen LogP contribution in [0.4, 0.5) is 0 Å². The van der Waals surface area contributed by atoms with E-state index in [1.54, 1.807) is 0 Å². The van der Waals surface area contributed by atoms with Gasteiger partial charge < -0.3 is 9.88 Å². The number of nitrogens with one attached hydrogen (secondary N) is 1. The molecule has 0 bridgehead atoms. The zero-order valence-corrected chi connectivity index (χ0v) is 13.4. The Morgan fingerprint density at radius 1 is 1.19 bits per heavy atom. The molecule has 5 nitrogen and oxygen atoms in total. The van der Waals surface area contributed by atoms with Crippen LogP contribution in [0.2, 0.25) is 0 Å². The van der Waals surface area contributed by atoms with Gasteiger partial charge in [-0.15, -0.1) is 10.2 Å². The van der Waals surface area contributed by atoms with Gasteiger partial charge >= 0.3 is 0 Å². The molecule has 0 amide bonds. The Morgan fingerprint density at radius 3 is 2.76 bits per heavy atom. The molecular formula is C16H29N5. The molecule has 118 valence electrons. The van der Waals surface area contributed by atoms with Gasteiger partial charge in [0.15, 0.2) is 0 Å². The van der Waals surface area contributed by atoms with E-state index in [-0.39, 0.29) is 0 Å². The molecule has 1 aliphatic carbocycles. The first-order valence-corrected chi connectivity index (χ1v) is 8.61. The largest absolute Gasteiger partial charge is 0.316 e. The van der Waals surface area contributed by atoms with Crippen LogP contribution in [-0.2, 0) is 13.1 Å². The average molecular weight is 291 g/mol. The van der Waals surface area contributed by atoms with E-state index in [9.17, 15) is 0 Å². The predicted molar refractivity (Wildman–Crippen MR) is 84.0 cm³/mol. The third kappa shape index (κ3) is 3.64. The third-order valence-electron chi connectivity index (χ3n) is 5.19. The Morgan fingerprint density at radius 2 is 2.00 bits per heavy atom. The van der Waals surface area contributed by atoms with Crippen LogP contribution >= 0.6 is 0 Å². The minimum Gasteiger partial charge on any atom is -0.316 e. The van der Waals surface area contributed by atoms with Crippen LogP contribution in [0.1, 0.15) is 51.3 Å². The van der Waals surface area contributed by atoms with E-state index in [2.05, 4.69) is 31.9 Å². The summed E-state index contributed by atoms with van der Waals surface area (Å²) in [5.41, 5.74) is 0.467. The van der Waals surface area contributed by atoms with Gasteiger partial charge in [0.1, 0.15) is 12.2 Å². The number of nitrogens with zero attached hydrogens (tertiary/aromatic N) is 4. The molecular weight excluding hydrogens is 262 g/mol. The highest BCUT2D eigenvalue weighted by atomic mass is 15.3. The molecule has 2 heterocycles. The van der Waals surface area contributed by atoms with Crippen molar-refractivity contribution in [2.24, 2.45) is 5.41 Å². The van der Waals surface area contributed by atoms with E-state index in [0.717, 1.165) is 32.0 Å². The van der Waals surface area contributed by atoms with Gasteiger partial charge in [-0.3, -0.25) is 4.90 Å². The molecule has 1 fully saturated rings. The second-order valence-electron chi connectivity index (χ2n) is 6.85. The molecule has 21 heavy (non-hydrogen) atoms. The molecule has 0 spiro atoms. The quantitative estimate of drug-likeness (QED) is 0.843. The van der Waals surface area contributed by atoms with Crippen molar-refractivity contribution in [1.82, 2.24) is 25.0 Å². The molecule has 1 N–H and O–H groups in total. The maximum Gasteiger partial charge on any atom is 0.147 e. The van der Waals surface area contributed by atoms with E-state index in [0.29, 0.717) is 5.41 Å². The first-order chi connectivity index (χ1) is 10.3. The fraction of sp³-hybridized carbons (Fsp3) is 0.875. The molecule has 2 aliphatic rings. The normalized spacial score (nSPS) is 22.7. The maximum absolute atomic E-state index is 4.26. The van der Waals surface area contributed by atoms with Crippen LogP contribution in [0.25, 0.3) is 0 Å². The van der Waals surface area contributed by atoms with E-state index in [1.807, 2.05) is 6.33 Å². The zero-order valence-electron chi connectivity index (χ0n) is 13.4. The topological polar surface area (TPSA) is 46.0 Å². The molecule has 0 radical (unpaired) electrons. The highest BCUT2D eigenvalue weighted by molar-refractivity contribution is 4.93. The summed E-state index contributed by atoms with van der Waals surface area (Å²) < 4.78 is 2.19. The maximum atomic E-state index is 4.26. The minimum absolute atomic E-state index is 0.467. The van der Waals surface area contributed by atoms with Gasteiger partial charge in [0.05, 0.1) is 6.54 Å². The van der Waals surface area contributed by atoms with E-state index in [4.69, 9.17) is 0 Å². The van der Waals surface area contributed by atoms with Crippen LogP contribution in [0.3, 0.4) is 0 Å². The Kier molecular flexibility index (Phi) is 4.91. The molecule has 5 heteroatoms. The summed E-state index contributed by atoms with van der Waals surface area (Å²) in [4.78, 5) is 2.60. The summed E-state index contributed by atoms with van der Waals surface area (Å²) in [5, 5.41) is 11.9. The van der Waals surface area contributed by atoms with Gasteiger partial charge in [-0.2, -0.15) is 0 Å². The molecule has 1 aromatic rings. The first kappa shape index (κ1) is 15.0. The fourth-order valence-corrected chi connectivity index (χ4v) is 3.99. The summed E-state index contributed by atoms with van der Waals surface area (Å²) in [6.07, 6.45) is 10.3. The minimum atomic E-state index is 0.467. The van der Waals surface area contributed by atoms with Crippen molar-refractivity contribution < 1.29 is 0 Å². The summed E-state index contributed by atoms with van der Waals surface area (Å²) in [7, 11) is 0. The summed E-state index contributed by atoms with van der Waals surface area (Å²) >= 11 is 0. The standard InChI is InChI=1S/C16H29N5/c1-2-17-12-16(7-5-3-4-6-8-16)13-20-9-10-21-14-18-19-15(21)11-20/h14,17H,2-13H2,1H3. The van der Waals surface area contributed by atoms with Crippen molar-refractivity contribution in [3.8, 4) is 0 Å². The molecule has 0 unspecified atom stereocenters. The van der Waals surface area contributed by atoms with Crippen molar-refractivity contribution in [3.63, 3.8) is 0 Å². The van der Waals surface area contributed by atoms with Crippen LogP contribution in [0.15, 0.2) is 6.33 Å². The van der Waals surface area contributed by atoms with Crippen molar-refractivity contribution in [2.75, 3.05) is 26.2 Å². The van der Waals surface area contributed by atoms with Gasteiger partial charge in [0.2, 0.25) is 0 Å². The number of fused-ring (bicyclic) bond motifs is 1. The number of aromatic nitrogens is 3. The molecule has 0 atom stereocenters. The van der Waals surface area contributed by atoms with E-state index in [1.165, 1.54) is 51.6 Å². The van der Waals surface area contributed by atoms with Crippen molar-refractivity contribution in [1.29, 1.82) is 0 Å². The number of hydrogen-bond donors (Lipinski definition) is 1. The highest BCUT2D eigenvalue weighted by Crippen LogP contribution is 2.36. The third-order valence-corrected chi connectivity index (χ3v) is 5.19. The lowest BCUT2D eigenvalue weighted by Crippen LogP contribution is -2.46. The summed E-state index contributed by atoms with van der Waals surface area (Å²) in [6, 6.07) is 0. The monoisotopic (exact) mass is 291 g/mol. The second-order valence-corrected chi connectivity index (χ2v) is 6.85. The van der Waals surface area contributed by atoms with Crippen molar-refractivity contribution in [2.45, 2.75) is 58.5 Å². The summed E-state index contributed by atoms with van der Waals surface area (Å²) in [6.45, 7) is 8.83. The Balaban J connectivity index is 1.66. The molecule has 1 aliphatic heterocycles. The molecule has 0 saturated heterocycles. The van der Waals surface area contributed by atoms with E-state index >= 15 is 0 Å². The van der Waals surface area contributed by atoms with Crippen molar-refractivity contribution in [3.05, 3.63) is 12.2 Å². The molecule has 1 saturated carbocycles. The average Bonchev–Trinajstić information content (AvgIpc) is 2.84. The lowest BCUT2D eigenvalue weighted by atomic mass is 9.79. The Labute approximate surface area is 128 Å². The van der Waals surface area contributed by atoms with Gasteiger partial charge in [0.25, 0.3) is 0 Å².